The summed E-state index contributed by atoms with van der Waals surface area (Å²) < 4.78 is 14.2. The molecule has 0 fully saturated rings. The maximum Gasteiger partial charge on any atom is 0.483 e. The van der Waals surface area contributed by atoms with Crippen molar-refractivity contribution in [1.82, 2.24) is 0 Å². The summed E-state index contributed by atoms with van der Waals surface area (Å²) in [7, 11) is 3.05. The lowest BCUT2D eigenvalue weighted by Crippen LogP contribution is -2.21. The van der Waals surface area contributed by atoms with Crippen LogP contribution in [-0.4, -0.2) is 30.9 Å². The Kier molecular flexibility index (Phi) is 16.6. The van der Waals surface area contributed by atoms with Crippen molar-refractivity contribution in [2.45, 2.75) is 33.1 Å². The van der Waals surface area contributed by atoms with Gasteiger partial charge in [0.25, 0.3) is 0 Å². The lowest BCUT2D eigenvalue weighted by Gasteiger charge is -2.05. The first-order valence-electron chi connectivity index (χ1n) is 4.35. The van der Waals surface area contributed by atoms with Gasteiger partial charge >= 0.3 is 9.53 Å². The van der Waals surface area contributed by atoms with Gasteiger partial charge in [-0.3, -0.25) is 0 Å². The first kappa shape index (κ1) is 14.6. The smallest absolute Gasteiger partial charge is 0.379 e. The molecule has 0 saturated heterocycles. The second kappa shape index (κ2) is 13.7. The van der Waals surface area contributed by atoms with Crippen LogP contribution in [0, 0.1) is 0 Å². The van der Waals surface area contributed by atoms with Gasteiger partial charge in [0.1, 0.15) is 0 Å². The van der Waals surface area contributed by atoms with Crippen molar-refractivity contribution in [2.24, 2.45) is 0 Å². The zero-order valence-electron chi connectivity index (χ0n) is 8.92. The first-order valence-corrected chi connectivity index (χ1v) is 5.76. The van der Waals surface area contributed by atoms with Crippen LogP contribution in [0.4, 0.5) is 0 Å². The van der Waals surface area contributed by atoms with Gasteiger partial charge in [-0.25, -0.2) is 0 Å². The molecular weight excluding hydrogens is 172 g/mol. The van der Waals surface area contributed by atoms with Crippen LogP contribution >= 0.6 is 0 Å². The largest absolute Gasteiger partial charge is 0.483 e. The summed E-state index contributed by atoms with van der Waals surface area (Å²) in [6.45, 7) is 4.42. The Morgan fingerprint density at radius 3 is 1.17 bits per heavy atom. The van der Waals surface area contributed by atoms with Crippen LogP contribution in [0.3, 0.4) is 0 Å². The van der Waals surface area contributed by atoms with Crippen LogP contribution in [0.5, 0.6) is 0 Å². The van der Waals surface area contributed by atoms with Crippen LogP contribution in [0.2, 0.25) is 0 Å². The van der Waals surface area contributed by atoms with Gasteiger partial charge in [-0.1, -0.05) is 33.1 Å². The summed E-state index contributed by atoms with van der Waals surface area (Å²) >= 11 is 0. The van der Waals surface area contributed by atoms with E-state index in [4.69, 9.17) is 13.3 Å². The lowest BCUT2D eigenvalue weighted by molar-refractivity contribution is 0.163. The molecule has 3 nitrogen and oxygen atoms in total. The molecule has 0 amide bonds. The molecule has 4 heteroatoms. The molecule has 0 unspecified atom stereocenters. The predicted molar refractivity (Wildman–Crippen MR) is 53.4 cm³/mol. The van der Waals surface area contributed by atoms with E-state index >= 15 is 0 Å². The minimum atomic E-state index is -1.67. The van der Waals surface area contributed by atoms with Crippen molar-refractivity contribution in [3.05, 3.63) is 0 Å². The monoisotopic (exact) mass is 194 g/mol. The van der Waals surface area contributed by atoms with Gasteiger partial charge in [-0.15, -0.1) is 0 Å². The molecule has 0 spiro atoms. The van der Waals surface area contributed by atoms with Gasteiger partial charge in [0.15, 0.2) is 0 Å². The number of hydrogen-bond acceptors (Lipinski definition) is 3. The van der Waals surface area contributed by atoms with Crippen LogP contribution in [-0.2, 0) is 13.3 Å². The van der Waals surface area contributed by atoms with Crippen molar-refractivity contribution in [2.75, 3.05) is 21.3 Å². The summed E-state index contributed by atoms with van der Waals surface area (Å²) in [5, 5.41) is 0. The molecule has 0 aromatic rings. The molecule has 0 heterocycles. The molecule has 0 aromatic heterocycles. The number of unbranched alkanes of at least 4 members (excludes halogenated alkanes) is 2. The van der Waals surface area contributed by atoms with E-state index in [2.05, 4.69) is 13.8 Å². The van der Waals surface area contributed by atoms with Crippen LogP contribution in [0.15, 0.2) is 0 Å². The fraction of sp³-hybridized carbons (Fsp3) is 1.00. The number of hydrogen-bond donors (Lipinski definition) is 0. The van der Waals surface area contributed by atoms with E-state index in [0.29, 0.717) is 0 Å². The number of rotatable bonds is 5. The Balaban J connectivity index is 0. The molecule has 0 rings (SSSR count). The minimum Gasteiger partial charge on any atom is -0.379 e. The zero-order valence-corrected chi connectivity index (χ0v) is 10.1. The molecule has 0 atom stereocenters. The lowest BCUT2D eigenvalue weighted by atomic mass is 10.3. The van der Waals surface area contributed by atoms with E-state index in [9.17, 15) is 0 Å². The second-order valence-corrected chi connectivity index (χ2v) is 4.34. The van der Waals surface area contributed by atoms with Gasteiger partial charge in [-0.2, -0.15) is 0 Å². The van der Waals surface area contributed by atoms with Gasteiger partial charge < -0.3 is 13.3 Å². The van der Waals surface area contributed by atoms with Crippen LogP contribution in [0.25, 0.3) is 0 Å². The maximum atomic E-state index is 4.74. The molecule has 0 aliphatic rings. The predicted octanol–water partition coefficient (Wildman–Crippen LogP) is 1.84. The third-order valence-electron chi connectivity index (χ3n) is 1.28. The molecule has 0 aromatic carbocycles. The second-order valence-electron chi connectivity index (χ2n) is 2.35. The van der Waals surface area contributed by atoms with Gasteiger partial charge in [0.05, 0.1) is 0 Å². The summed E-state index contributed by atoms with van der Waals surface area (Å²) in [4.78, 5) is 0. The van der Waals surface area contributed by atoms with Crippen molar-refractivity contribution < 1.29 is 13.3 Å². The third-order valence-corrected chi connectivity index (χ3v) is 2.44. The van der Waals surface area contributed by atoms with E-state index in [1.54, 1.807) is 21.3 Å². The highest BCUT2D eigenvalue weighted by atomic mass is 28.3. The normalized spacial score (nSPS) is 9.50. The molecule has 76 valence electrons. The van der Waals surface area contributed by atoms with Gasteiger partial charge in [0, 0.05) is 21.3 Å². The molecule has 12 heavy (non-hydrogen) atoms. The molecule has 0 saturated carbocycles. The molecule has 0 aliphatic carbocycles. The molecule has 0 bridgehead atoms. The Morgan fingerprint density at radius 2 is 1.17 bits per heavy atom. The SMILES string of the molecule is CCCCC.CO[SiH](OC)OC. The van der Waals surface area contributed by atoms with Crippen molar-refractivity contribution >= 4 is 9.53 Å². The first-order chi connectivity index (χ1) is 5.76. The highest BCUT2D eigenvalue weighted by molar-refractivity contribution is 6.36. The fourth-order valence-electron chi connectivity index (χ4n) is 0.642. The van der Waals surface area contributed by atoms with E-state index in [-0.39, 0.29) is 0 Å². The molecule has 0 radical (unpaired) electrons. The van der Waals surface area contributed by atoms with E-state index < -0.39 is 9.53 Å². The average Bonchev–Trinajstić information content (AvgIpc) is 2.10. The Bertz CT molecular complexity index is 59.8. The average molecular weight is 194 g/mol. The van der Waals surface area contributed by atoms with Crippen molar-refractivity contribution in [3.63, 3.8) is 0 Å². The Labute approximate surface area is 78.0 Å². The third kappa shape index (κ3) is 12.7. The van der Waals surface area contributed by atoms with E-state index in [1.807, 2.05) is 0 Å². The van der Waals surface area contributed by atoms with Crippen molar-refractivity contribution in [1.29, 1.82) is 0 Å². The maximum absolute atomic E-state index is 4.74. The topological polar surface area (TPSA) is 27.7 Å². The van der Waals surface area contributed by atoms with Gasteiger partial charge in [-0.05, 0) is 0 Å². The fourth-order valence-corrected chi connectivity index (χ4v) is 1.22. The highest BCUT2D eigenvalue weighted by Gasteiger charge is 2.04. The Hall–Kier alpha value is 0.0969. The van der Waals surface area contributed by atoms with Gasteiger partial charge in [0.2, 0.25) is 0 Å². The highest BCUT2D eigenvalue weighted by Crippen LogP contribution is 1.88. The molecular formula is C8H22O3Si. The summed E-state index contributed by atoms with van der Waals surface area (Å²) in [6.07, 6.45) is 4.08. The Morgan fingerprint density at radius 1 is 0.833 bits per heavy atom. The molecule has 0 N–H and O–H groups in total. The summed E-state index contributed by atoms with van der Waals surface area (Å²) in [5.41, 5.74) is 0. The summed E-state index contributed by atoms with van der Waals surface area (Å²) in [6, 6.07) is 0. The zero-order chi connectivity index (χ0) is 9.82. The minimum absolute atomic E-state index is 1.34. The standard InChI is InChI=1S/C5H12.C3H10O3Si/c1-3-5-4-2;1-4-7(5-2)6-3/h3-5H2,1-2H3;7H,1-3H3. The van der Waals surface area contributed by atoms with Crippen LogP contribution < -0.4 is 0 Å². The van der Waals surface area contributed by atoms with E-state index in [0.717, 1.165) is 0 Å². The van der Waals surface area contributed by atoms with Crippen LogP contribution in [0.1, 0.15) is 33.1 Å². The van der Waals surface area contributed by atoms with E-state index in [1.165, 1.54) is 19.3 Å². The quantitative estimate of drug-likeness (QED) is 0.625. The molecule has 0 aliphatic heterocycles. The summed E-state index contributed by atoms with van der Waals surface area (Å²) in [5.74, 6) is 0. The van der Waals surface area contributed by atoms with Crippen molar-refractivity contribution in [3.8, 4) is 0 Å².